The molecule has 3 rings (SSSR count). The van der Waals surface area contributed by atoms with Crippen molar-refractivity contribution in [2.45, 2.75) is 58.9 Å². The molecule has 1 N–H and O–H groups in total. The zero-order chi connectivity index (χ0) is 19.8. The number of nitrogens with one attached hydrogen (secondary N) is 1. The van der Waals surface area contributed by atoms with Crippen LogP contribution >= 0.6 is 0 Å². The first-order valence-corrected chi connectivity index (χ1v) is 10.6. The molecule has 0 radical (unpaired) electrons. The third-order valence-electron chi connectivity index (χ3n) is 5.68. The van der Waals surface area contributed by atoms with E-state index in [0.717, 1.165) is 26.1 Å². The molecule has 0 bridgehead atoms. The second kappa shape index (κ2) is 10.2. The summed E-state index contributed by atoms with van der Waals surface area (Å²) in [6.45, 7) is 9.63. The maximum atomic E-state index is 6.20. The van der Waals surface area contributed by atoms with Gasteiger partial charge in [-0.3, -0.25) is 0 Å². The molecule has 152 valence electrons. The summed E-state index contributed by atoms with van der Waals surface area (Å²) in [5.41, 5.74) is 2.53. The first-order chi connectivity index (χ1) is 13.6. The van der Waals surface area contributed by atoms with Gasteiger partial charge in [-0.1, -0.05) is 81.4 Å². The van der Waals surface area contributed by atoms with E-state index >= 15 is 0 Å². The van der Waals surface area contributed by atoms with Gasteiger partial charge in [-0.2, -0.15) is 0 Å². The highest BCUT2D eigenvalue weighted by atomic mass is 16.5. The van der Waals surface area contributed by atoms with Crippen LogP contribution in [0.2, 0.25) is 0 Å². The Balaban J connectivity index is 1.60. The lowest BCUT2D eigenvalue weighted by molar-refractivity contribution is -0.0321. The van der Waals surface area contributed by atoms with E-state index in [2.05, 4.69) is 74.6 Å². The molecule has 1 aliphatic rings. The average Bonchev–Trinajstić information content (AvgIpc) is 2.98. The number of hydrogen-bond acceptors (Lipinski definition) is 3. The van der Waals surface area contributed by atoms with Gasteiger partial charge >= 0.3 is 0 Å². The van der Waals surface area contributed by atoms with E-state index in [1.54, 1.807) is 0 Å². The van der Waals surface area contributed by atoms with Crippen molar-refractivity contribution in [3.63, 3.8) is 0 Å². The van der Waals surface area contributed by atoms with E-state index in [4.69, 9.17) is 9.47 Å². The van der Waals surface area contributed by atoms with E-state index in [-0.39, 0.29) is 5.41 Å². The number of hydrogen-bond donors (Lipinski definition) is 1. The van der Waals surface area contributed by atoms with Gasteiger partial charge in [0, 0.05) is 17.5 Å². The fourth-order valence-corrected chi connectivity index (χ4v) is 4.42. The Morgan fingerprint density at radius 2 is 1.36 bits per heavy atom. The Morgan fingerprint density at radius 3 is 1.82 bits per heavy atom. The van der Waals surface area contributed by atoms with E-state index in [0.29, 0.717) is 31.2 Å². The van der Waals surface area contributed by atoms with Gasteiger partial charge in [0.2, 0.25) is 0 Å². The third kappa shape index (κ3) is 6.16. The van der Waals surface area contributed by atoms with Crippen molar-refractivity contribution in [1.82, 2.24) is 5.32 Å². The van der Waals surface area contributed by atoms with Crippen LogP contribution in [-0.4, -0.2) is 25.3 Å². The van der Waals surface area contributed by atoms with E-state index < -0.39 is 0 Å². The van der Waals surface area contributed by atoms with Crippen LogP contribution in [0.4, 0.5) is 0 Å². The molecule has 28 heavy (non-hydrogen) atoms. The average molecular weight is 382 g/mol. The molecule has 3 heteroatoms. The summed E-state index contributed by atoms with van der Waals surface area (Å²) in [4.78, 5) is 0. The molecule has 3 nitrogen and oxygen atoms in total. The van der Waals surface area contributed by atoms with Crippen molar-refractivity contribution in [3.05, 3.63) is 71.8 Å². The summed E-state index contributed by atoms with van der Waals surface area (Å²) < 4.78 is 12.4. The quantitative estimate of drug-likeness (QED) is 0.613. The first-order valence-electron chi connectivity index (χ1n) is 10.6. The second-order valence-electron chi connectivity index (χ2n) is 8.77. The third-order valence-corrected chi connectivity index (χ3v) is 5.68. The highest BCUT2D eigenvalue weighted by Crippen LogP contribution is 2.43. The molecule has 0 aromatic heterocycles. The molecular formula is C25H35NO2. The lowest BCUT2D eigenvalue weighted by atomic mass is 9.87. The van der Waals surface area contributed by atoms with Crippen molar-refractivity contribution >= 4 is 0 Å². The Hall–Kier alpha value is -1.68. The summed E-state index contributed by atoms with van der Waals surface area (Å²) in [6.07, 6.45) is 2.25. The standard InChI is InChI=1S/C25H35NO2/c1-20(2)26-24-15-25(14-21(24)3,18-27-16-22-10-6-4-7-11-22)19-28-17-23-12-8-5-9-13-23/h4-13,20-21,24,26H,14-19H2,1-3H3/t21-,24-/m1/s1. The number of ether oxygens (including phenoxy) is 2. The monoisotopic (exact) mass is 381 g/mol. The van der Waals surface area contributed by atoms with Crippen molar-refractivity contribution in [1.29, 1.82) is 0 Å². The minimum Gasteiger partial charge on any atom is -0.376 e. The van der Waals surface area contributed by atoms with Crippen molar-refractivity contribution in [2.24, 2.45) is 11.3 Å². The topological polar surface area (TPSA) is 30.5 Å². The summed E-state index contributed by atoms with van der Waals surface area (Å²) in [5.74, 6) is 0.628. The summed E-state index contributed by atoms with van der Waals surface area (Å²) >= 11 is 0. The Morgan fingerprint density at radius 1 is 0.857 bits per heavy atom. The number of rotatable bonds is 10. The predicted octanol–water partition coefficient (Wildman–Crippen LogP) is 5.20. The van der Waals surface area contributed by atoms with Gasteiger partial charge < -0.3 is 14.8 Å². The molecule has 1 saturated carbocycles. The molecule has 0 saturated heterocycles. The minimum atomic E-state index is 0.0789. The highest BCUT2D eigenvalue weighted by Gasteiger charge is 2.44. The summed E-state index contributed by atoms with van der Waals surface area (Å²) in [5, 5.41) is 3.75. The van der Waals surface area contributed by atoms with E-state index in [9.17, 15) is 0 Å². The maximum absolute atomic E-state index is 6.20. The van der Waals surface area contributed by atoms with Gasteiger partial charge in [0.1, 0.15) is 0 Å². The van der Waals surface area contributed by atoms with Gasteiger partial charge in [0.05, 0.1) is 26.4 Å². The molecule has 0 spiro atoms. The summed E-state index contributed by atoms with van der Waals surface area (Å²) in [6, 6.07) is 21.9. The number of benzene rings is 2. The Bertz CT molecular complexity index is 641. The smallest absolute Gasteiger partial charge is 0.0717 e. The van der Waals surface area contributed by atoms with Gasteiger partial charge in [-0.15, -0.1) is 0 Å². The van der Waals surface area contributed by atoms with Crippen LogP contribution in [-0.2, 0) is 22.7 Å². The zero-order valence-corrected chi connectivity index (χ0v) is 17.6. The van der Waals surface area contributed by atoms with Crippen LogP contribution in [0.1, 0.15) is 44.7 Å². The van der Waals surface area contributed by atoms with E-state index in [1.807, 2.05) is 12.1 Å². The lowest BCUT2D eigenvalue weighted by Gasteiger charge is -2.29. The highest BCUT2D eigenvalue weighted by molar-refractivity contribution is 5.14. The molecule has 0 heterocycles. The van der Waals surface area contributed by atoms with Crippen LogP contribution in [0.3, 0.4) is 0 Å². The van der Waals surface area contributed by atoms with E-state index in [1.165, 1.54) is 11.1 Å². The lowest BCUT2D eigenvalue weighted by Crippen LogP contribution is -2.38. The van der Waals surface area contributed by atoms with Crippen molar-refractivity contribution < 1.29 is 9.47 Å². The van der Waals surface area contributed by atoms with Crippen molar-refractivity contribution in [2.75, 3.05) is 13.2 Å². The van der Waals surface area contributed by atoms with Crippen LogP contribution in [0.15, 0.2) is 60.7 Å². The van der Waals surface area contributed by atoms with Gasteiger partial charge in [-0.25, -0.2) is 0 Å². The molecule has 1 fully saturated rings. The Kier molecular flexibility index (Phi) is 7.66. The first kappa shape index (κ1) is 21.0. The van der Waals surface area contributed by atoms with Gasteiger partial charge in [-0.05, 0) is 29.9 Å². The molecule has 0 amide bonds. The fraction of sp³-hybridized carbons (Fsp3) is 0.520. The maximum Gasteiger partial charge on any atom is 0.0717 e. The van der Waals surface area contributed by atoms with Gasteiger partial charge in [0.25, 0.3) is 0 Å². The fourth-order valence-electron chi connectivity index (χ4n) is 4.42. The van der Waals surface area contributed by atoms with Crippen LogP contribution in [0, 0.1) is 11.3 Å². The zero-order valence-electron chi connectivity index (χ0n) is 17.6. The predicted molar refractivity (Wildman–Crippen MR) is 115 cm³/mol. The molecular weight excluding hydrogens is 346 g/mol. The van der Waals surface area contributed by atoms with Crippen LogP contribution in [0.5, 0.6) is 0 Å². The van der Waals surface area contributed by atoms with Crippen LogP contribution in [0.25, 0.3) is 0 Å². The molecule has 0 aliphatic heterocycles. The normalized spacial score (nSPS) is 21.3. The molecule has 1 aliphatic carbocycles. The molecule has 2 aromatic rings. The second-order valence-corrected chi connectivity index (χ2v) is 8.77. The van der Waals surface area contributed by atoms with Crippen molar-refractivity contribution in [3.8, 4) is 0 Å². The SMILES string of the molecule is CC(C)N[C@@H]1CC(COCc2ccccc2)(COCc2ccccc2)C[C@H]1C. The molecule has 2 aromatic carbocycles. The molecule has 2 atom stereocenters. The van der Waals surface area contributed by atoms with Crippen LogP contribution < -0.4 is 5.32 Å². The Labute approximate surface area is 170 Å². The van der Waals surface area contributed by atoms with Gasteiger partial charge in [0.15, 0.2) is 0 Å². The largest absolute Gasteiger partial charge is 0.376 e. The summed E-state index contributed by atoms with van der Waals surface area (Å²) in [7, 11) is 0. The molecule has 0 unspecified atom stereocenters. The minimum absolute atomic E-state index is 0.0789.